The molecule has 0 spiro atoms. The number of pyridine rings is 1. The van der Waals surface area contributed by atoms with Gasteiger partial charge in [-0.3, -0.25) is 9.69 Å². The lowest BCUT2D eigenvalue weighted by Crippen LogP contribution is -3.19. The Bertz CT molecular complexity index is 771. The van der Waals surface area contributed by atoms with Gasteiger partial charge in [-0.25, -0.2) is 4.98 Å². The van der Waals surface area contributed by atoms with E-state index in [-0.39, 0.29) is 18.0 Å². The first kappa shape index (κ1) is 18.0. The summed E-state index contributed by atoms with van der Waals surface area (Å²) in [5.74, 6) is 1.35. The zero-order chi connectivity index (χ0) is 18.6. The van der Waals surface area contributed by atoms with Gasteiger partial charge in [-0.05, 0) is 43.4 Å². The van der Waals surface area contributed by atoms with Crippen LogP contribution >= 0.6 is 0 Å². The Hall–Kier alpha value is -2.40. The number of anilines is 1. The fraction of sp³-hybridized carbons (Fsp3) is 0.455. The number of aromatic nitrogens is 1. The van der Waals surface area contributed by atoms with Crippen molar-refractivity contribution in [2.45, 2.75) is 38.3 Å². The summed E-state index contributed by atoms with van der Waals surface area (Å²) in [6.45, 7) is 5.99. The van der Waals surface area contributed by atoms with Crippen LogP contribution in [-0.2, 0) is 11.2 Å². The van der Waals surface area contributed by atoms with Crippen LogP contribution in [0.2, 0.25) is 0 Å². The zero-order valence-electron chi connectivity index (χ0n) is 16.1. The monoisotopic (exact) mass is 366 g/mol. The van der Waals surface area contributed by atoms with E-state index in [0.717, 1.165) is 51.3 Å². The van der Waals surface area contributed by atoms with Crippen molar-refractivity contribution in [3.63, 3.8) is 0 Å². The third-order valence-electron chi connectivity index (χ3n) is 6.13. The second kappa shape index (κ2) is 8.09. The van der Waals surface area contributed by atoms with Gasteiger partial charge in [0.15, 0.2) is 6.04 Å². The minimum absolute atomic E-state index is 0.0130. The van der Waals surface area contributed by atoms with E-state index < -0.39 is 0 Å². The Balaban J connectivity index is 1.34. The molecule has 1 saturated heterocycles. The van der Waals surface area contributed by atoms with Gasteiger partial charge in [-0.2, -0.15) is 0 Å². The highest BCUT2D eigenvalue weighted by atomic mass is 16.2. The maximum atomic E-state index is 12.9. The quantitative estimate of drug-likeness (QED) is 0.841. The van der Waals surface area contributed by atoms with E-state index in [0.29, 0.717) is 0 Å². The molecule has 1 aliphatic carbocycles. The molecule has 0 unspecified atom stereocenters. The van der Waals surface area contributed by atoms with Crippen LogP contribution < -0.4 is 20.1 Å². The fourth-order valence-corrected chi connectivity index (χ4v) is 4.43. The van der Waals surface area contributed by atoms with Gasteiger partial charge in [0.1, 0.15) is 26.2 Å². The Morgan fingerprint density at radius 3 is 2.74 bits per heavy atom. The molecule has 2 heterocycles. The largest absolute Gasteiger partial charge is 0.344 e. The Morgan fingerprint density at radius 2 is 1.96 bits per heavy atom. The molecule has 2 aliphatic rings. The standard InChI is InChI=1S/C22H28N4O/c1-17(25-13-15-26(16-14-25)21-11-4-5-12-23-21)22(27)24-20-10-6-8-18-7-2-3-9-19(18)20/h2-5,7,9,11-12,17,20H,6,8,10,13-16H2,1H3,(H,24,27)/p+2/t17-,20+/m0/s1. The van der Waals surface area contributed by atoms with Crippen LogP contribution in [0.15, 0.2) is 48.7 Å². The molecular formula is C22H30N4O+2. The molecule has 0 bridgehead atoms. The highest BCUT2D eigenvalue weighted by Gasteiger charge is 2.33. The molecule has 4 rings (SSSR count). The minimum atomic E-state index is -0.0130. The summed E-state index contributed by atoms with van der Waals surface area (Å²) < 4.78 is 0. The van der Waals surface area contributed by atoms with Gasteiger partial charge in [-0.15, -0.1) is 0 Å². The number of hydrogen-bond acceptors (Lipinski definition) is 2. The molecule has 1 fully saturated rings. The number of nitrogens with zero attached hydrogens (tertiary/aromatic N) is 1. The number of hydrogen-bond donors (Lipinski definition) is 2. The molecule has 0 saturated carbocycles. The van der Waals surface area contributed by atoms with E-state index in [1.54, 1.807) is 0 Å². The number of benzene rings is 1. The summed E-state index contributed by atoms with van der Waals surface area (Å²) in [6, 6.07) is 14.9. The highest BCUT2D eigenvalue weighted by Crippen LogP contribution is 2.29. The predicted octanol–water partition coefficient (Wildman–Crippen LogP) is 0.788. The zero-order valence-corrected chi connectivity index (χ0v) is 16.1. The molecule has 2 atom stereocenters. The molecule has 2 aromatic rings. The SMILES string of the molecule is C[C@@H](C(=O)N[C@@H]1CCCc2ccccc21)[NH+]1CCN(c2cccc[nH+]2)CC1. The number of quaternary nitrogens is 1. The number of H-pyrrole nitrogens is 1. The first-order valence-corrected chi connectivity index (χ1v) is 10.2. The molecule has 1 aromatic carbocycles. The van der Waals surface area contributed by atoms with Gasteiger partial charge < -0.3 is 10.2 Å². The molecule has 1 aliphatic heterocycles. The van der Waals surface area contributed by atoms with Crippen molar-refractivity contribution in [3.8, 4) is 0 Å². The number of rotatable bonds is 4. The minimum Gasteiger partial charge on any atom is -0.344 e. The van der Waals surface area contributed by atoms with E-state index >= 15 is 0 Å². The van der Waals surface area contributed by atoms with Crippen molar-refractivity contribution in [3.05, 3.63) is 59.8 Å². The molecule has 5 nitrogen and oxygen atoms in total. The normalized spacial score (nSPS) is 21.4. The molecule has 142 valence electrons. The average molecular weight is 367 g/mol. The van der Waals surface area contributed by atoms with Gasteiger partial charge in [0.05, 0.1) is 12.2 Å². The number of piperazine rings is 1. The van der Waals surface area contributed by atoms with Gasteiger partial charge in [-0.1, -0.05) is 30.3 Å². The van der Waals surface area contributed by atoms with E-state index in [4.69, 9.17) is 0 Å². The number of amides is 1. The molecular weight excluding hydrogens is 336 g/mol. The van der Waals surface area contributed by atoms with E-state index in [9.17, 15) is 4.79 Å². The van der Waals surface area contributed by atoms with Crippen molar-refractivity contribution in [2.75, 3.05) is 31.1 Å². The van der Waals surface area contributed by atoms with Crippen LogP contribution in [0.1, 0.15) is 36.9 Å². The maximum Gasteiger partial charge on any atom is 0.278 e. The van der Waals surface area contributed by atoms with E-state index in [2.05, 4.69) is 58.5 Å². The van der Waals surface area contributed by atoms with Crippen molar-refractivity contribution in [1.82, 2.24) is 5.32 Å². The second-order valence-electron chi connectivity index (χ2n) is 7.77. The lowest BCUT2D eigenvalue weighted by molar-refractivity contribution is -0.914. The first-order valence-electron chi connectivity index (χ1n) is 10.2. The summed E-state index contributed by atoms with van der Waals surface area (Å²) in [6.07, 6.45) is 5.28. The average Bonchev–Trinajstić information content (AvgIpc) is 2.74. The second-order valence-corrected chi connectivity index (χ2v) is 7.77. The van der Waals surface area contributed by atoms with Gasteiger partial charge in [0.2, 0.25) is 0 Å². The summed E-state index contributed by atoms with van der Waals surface area (Å²) in [4.78, 5) is 20.0. The topological polar surface area (TPSA) is 50.9 Å². The summed E-state index contributed by atoms with van der Waals surface area (Å²) >= 11 is 0. The van der Waals surface area contributed by atoms with Crippen LogP contribution in [0.4, 0.5) is 5.82 Å². The summed E-state index contributed by atoms with van der Waals surface area (Å²) in [5.41, 5.74) is 2.70. The highest BCUT2D eigenvalue weighted by molar-refractivity contribution is 5.80. The van der Waals surface area contributed by atoms with Crippen LogP contribution in [-0.4, -0.2) is 38.1 Å². The maximum absolute atomic E-state index is 12.9. The van der Waals surface area contributed by atoms with Crippen molar-refractivity contribution in [1.29, 1.82) is 0 Å². The van der Waals surface area contributed by atoms with Crippen LogP contribution in [0.5, 0.6) is 0 Å². The van der Waals surface area contributed by atoms with Crippen molar-refractivity contribution < 1.29 is 14.7 Å². The van der Waals surface area contributed by atoms with Crippen LogP contribution in [0.3, 0.4) is 0 Å². The van der Waals surface area contributed by atoms with Crippen LogP contribution in [0.25, 0.3) is 0 Å². The number of aryl methyl sites for hydroxylation is 1. The van der Waals surface area contributed by atoms with Gasteiger partial charge in [0.25, 0.3) is 11.7 Å². The number of aromatic amines is 1. The Morgan fingerprint density at radius 1 is 1.19 bits per heavy atom. The predicted molar refractivity (Wildman–Crippen MR) is 106 cm³/mol. The Labute approximate surface area is 161 Å². The van der Waals surface area contributed by atoms with E-state index in [1.807, 2.05) is 12.3 Å². The molecule has 1 aromatic heterocycles. The lowest BCUT2D eigenvalue weighted by Gasteiger charge is -2.33. The smallest absolute Gasteiger partial charge is 0.278 e. The molecule has 5 heteroatoms. The fourth-order valence-electron chi connectivity index (χ4n) is 4.43. The van der Waals surface area contributed by atoms with Gasteiger partial charge >= 0.3 is 0 Å². The molecule has 0 radical (unpaired) electrons. The van der Waals surface area contributed by atoms with Gasteiger partial charge in [0, 0.05) is 6.07 Å². The molecule has 1 amide bonds. The van der Waals surface area contributed by atoms with E-state index in [1.165, 1.54) is 16.0 Å². The molecule has 27 heavy (non-hydrogen) atoms. The van der Waals surface area contributed by atoms with Crippen molar-refractivity contribution in [2.24, 2.45) is 0 Å². The number of nitrogens with one attached hydrogen (secondary N) is 3. The number of fused-ring (bicyclic) bond motifs is 1. The van der Waals surface area contributed by atoms with Crippen LogP contribution in [0, 0.1) is 0 Å². The third-order valence-corrected chi connectivity index (χ3v) is 6.13. The number of carbonyl (C=O) groups excluding carboxylic acids is 1. The number of carbonyl (C=O) groups is 1. The third kappa shape index (κ3) is 3.98. The first-order chi connectivity index (χ1) is 13.2. The summed E-state index contributed by atoms with van der Waals surface area (Å²) in [7, 11) is 0. The molecule has 3 N–H and O–H groups in total. The summed E-state index contributed by atoms with van der Waals surface area (Å²) in [5, 5.41) is 3.34. The van der Waals surface area contributed by atoms with Crippen molar-refractivity contribution >= 4 is 11.7 Å². The Kier molecular flexibility index (Phi) is 5.39. The lowest BCUT2D eigenvalue weighted by atomic mass is 9.87.